The normalized spacial score (nSPS) is 11.1. The van der Waals surface area contributed by atoms with Crippen LogP contribution in [-0.4, -0.2) is 25.9 Å². The van der Waals surface area contributed by atoms with Gasteiger partial charge >= 0.3 is 0 Å². The highest BCUT2D eigenvalue weighted by atomic mass is 35.5. The van der Waals surface area contributed by atoms with E-state index in [4.69, 9.17) is 23.2 Å². The Morgan fingerprint density at radius 3 is 2.89 bits per heavy atom. The fraction of sp³-hybridized carbons (Fsp3) is 0.158. The van der Waals surface area contributed by atoms with Gasteiger partial charge in [0.2, 0.25) is 0 Å². The Hall–Kier alpha value is -2.48. The number of nitrogens with zero attached hydrogens (tertiary/aromatic N) is 4. The summed E-state index contributed by atoms with van der Waals surface area (Å²) in [6, 6.07) is 10.7. The van der Waals surface area contributed by atoms with E-state index in [0.717, 1.165) is 22.5 Å². The number of amides is 1. The maximum absolute atomic E-state index is 12.6. The Morgan fingerprint density at radius 2 is 2.07 bits per heavy atom. The molecule has 0 unspecified atom stereocenters. The lowest BCUT2D eigenvalue weighted by Gasteiger charge is -2.03. The molecular weight excluding hydrogens is 417 g/mol. The number of hydrogen-bond donors (Lipinski definition) is 1. The number of rotatable bonds is 5. The minimum atomic E-state index is -0.241. The van der Waals surface area contributed by atoms with Crippen molar-refractivity contribution in [2.45, 2.75) is 19.9 Å². The minimum absolute atomic E-state index is 0.241. The van der Waals surface area contributed by atoms with Crippen molar-refractivity contribution in [2.24, 2.45) is 0 Å². The molecule has 0 bridgehead atoms. The first kappa shape index (κ1) is 18.9. The number of thiazole rings is 1. The molecule has 142 valence electrons. The average Bonchev–Trinajstić information content (AvgIpc) is 3.30. The van der Waals surface area contributed by atoms with E-state index in [2.05, 4.69) is 20.6 Å². The number of halogens is 2. The zero-order valence-electron chi connectivity index (χ0n) is 14.8. The van der Waals surface area contributed by atoms with Gasteiger partial charge in [0, 0.05) is 39.6 Å². The largest absolute Gasteiger partial charge is 0.298 e. The van der Waals surface area contributed by atoms with Crippen LogP contribution in [0.1, 0.15) is 27.7 Å². The summed E-state index contributed by atoms with van der Waals surface area (Å²) in [6.07, 6.45) is 2.33. The molecule has 4 rings (SSSR count). The van der Waals surface area contributed by atoms with E-state index in [1.165, 1.54) is 11.3 Å². The Kier molecular flexibility index (Phi) is 5.30. The van der Waals surface area contributed by atoms with E-state index in [9.17, 15) is 4.79 Å². The van der Waals surface area contributed by atoms with Gasteiger partial charge in [-0.25, -0.2) is 9.67 Å². The van der Waals surface area contributed by atoms with Gasteiger partial charge in [-0.1, -0.05) is 28.4 Å². The molecule has 1 N–H and O–H groups in total. The summed E-state index contributed by atoms with van der Waals surface area (Å²) in [5.74, 6) is -0.241. The monoisotopic (exact) mass is 431 g/mol. The quantitative estimate of drug-likeness (QED) is 0.479. The molecule has 0 saturated heterocycles. The molecule has 2 aromatic carbocycles. The molecule has 0 aliphatic heterocycles. The van der Waals surface area contributed by atoms with Crippen molar-refractivity contribution in [2.75, 3.05) is 5.32 Å². The Labute approximate surface area is 175 Å². The Morgan fingerprint density at radius 1 is 1.21 bits per heavy atom. The summed E-state index contributed by atoms with van der Waals surface area (Å²) in [5.41, 5.74) is 3.00. The van der Waals surface area contributed by atoms with Crippen LogP contribution in [0, 0.1) is 0 Å². The van der Waals surface area contributed by atoms with Crippen LogP contribution in [0.5, 0.6) is 0 Å². The highest BCUT2D eigenvalue weighted by molar-refractivity contribution is 7.15. The third-order valence-electron chi connectivity index (χ3n) is 4.22. The second-order valence-electron chi connectivity index (χ2n) is 6.11. The van der Waals surface area contributed by atoms with Gasteiger partial charge in [-0.15, -0.1) is 16.4 Å². The molecule has 0 atom stereocenters. The number of aromatic nitrogens is 4. The number of carbonyl (C=O) groups excluding carboxylic acids is 1. The summed E-state index contributed by atoms with van der Waals surface area (Å²) < 4.78 is 1.78. The topological polar surface area (TPSA) is 72.7 Å². The number of aryl methyl sites for hydroxylation is 1. The first-order valence-corrected chi connectivity index (χ1v) is 10.1. The lowest BCUT2D eigenvalue weighted by atomic mass is 10.1. The number of carbonyl (C=O) groups is 1. The Bertz CT molecular complexity index is 1170. The molecule has 9 heteroatoms. The minimum Gasteiger partial charge on any atom is -0.298 e. The van der Waals surface area contributed by atoms with Crippen molar-refractivity contribution in [3.63, 3.8) is 0 Å². The molecule has 0 spiro atoms. The maximum Gasteiger partial charge on any atom is 0.257 e. The third-order valence-corrected chi connectivity index (χ3v) is 5.74. The molecule has 0 saturated carbocycles. The number of fused-ring (bicyclic) bond motifs is 1. The second-order valence-corrected chi connectivity index (χ2v) is 8.07. The molecule has 4 aromatic rings. The summed E-state index contributed by atoms with van der Waals surface area (Å²) in [6.45, 7) is 2.71. The van der Waals surface area contributed by atoms with E-state index >= 15 is 0 Å². The number of hydrogen-bond acceptors (Lipinski definition) is 5. The van der Waals surface area contributed by atoms with Gasteiger partial charge in [-0.05, 0) is 48.9 Å². The maximum atomic E-state index is 12.6. The van der Waals surface area contributed by atoms with Gasteiger partial charge in [0.05, 0.1) is 5.52 Å². The van der Waals surface area contributed by atoms with Crippen LogP contribution in [0.4, 0.5) is 5.13 Å². The molecule has 28 heavy (non-hydrogen) atoms. The standard InChI is InChI=1S/C19H15Cl2N5OS/c1-2-26-17-6-3-11(9-16(17)24-25-26)18(27)23-19-22-10-14(28-19)8-12-7-13(20)4-5-15(12)21/h3-7,9-10H,2,8H2,1H3,(H,22,23,27). The molecule has 2 heterocycles. The van der Waals surface area contributed by atoms with Crippen molar-refractivity contribution in [1.29, 1.82) is 0 Å². The van der Waals surface area contributed by atoms with E-state index in [-0.39, 0.29) is 5.91 Å². The van der Waals surface area contributed by atoms with Gasteiger partial charge < -0.3 is 0 Å². The van der Waals surface area contributed by atoms with Crippen LogP contribution in [0.2, 0.25) is 10.0 Å². The molecule has 0 aliphatic rings. The summed E-state index contributed by atoms with van der Waals surface area (Å²) in [4.78, 5) is 17.8. The lowest BCUT2D eigenvalue weighted by Crippen LogP contribution is -2.11. The zero-order valence-corrected chi connectivity index (χ0v) is 17.1. The first-order valence-electron chi connectivity index (χ1n) is 8.56. The van der Waals surface area contributed by atoms with Crippen molar-refractivity contribution in [3.05, 3.63) is 68.6 Å². The molecule has 0 radical (unpaired) electrons. The lowest BCUT2D eigenvalue weighted by molar-refractivity contribution is 0.102. The summed E-state index contributed by atoms with van der Waals surface area (Å²) in [7, 11) is 0. The van der Waals surface area contributed by atoms with Crippen LogP contribution in [0.3, 0.4) is 0 Å². The number of anilines is 1. The van der Waals surface area contributed by atoms with E-state index < -0.39 is 0 Å². The van der Waals surface area contributed by atoms with Crippen LogP contribution in [0.15, 0.2) is 42.6 Å². The molecule has 6 nitrogen and oxygen atoms in total. The number of nitrogens with one attached hydrogen (secondary N) is 1. The summed E-state index contributed by atoms with van der Waals surface area (Å²) >= 11 is 13.7. The predicted octanol–water partition coefficient (Wildman–Crippen LogP) is 5.06. The average molecular weight is 432 g/mol. The van der Waals surface area contributed by atoms with Crippen LogP contribution in [-0.2, 0) is 13.0 Å². The van der Waals surface area contributed by atoms with E-state index in [1.54, 1.807) is 35.1 Å². The molecule has 1 amide bonds. The van der Waals surface area contributed by atoms with Crippen molar-refractivity contribution in [1.82, 2.24) is 20.0 Å². The highest BCUT2D eigenvalue weighted by Crippen LogP contribution is 2.27. The van der Waals surface area contributed by atoms with Crippen molar-refractivity contribution in [3.8, 4) is 0 Å². The third kappa shape index (κ3) is 3.87. The fourth-order valence-electron chi connectivity index (χ4n) is 2.83. The zero-order chi connectivity index (χ0) is 19.7. The van der Waals surface area contributed by atoms with E-state index in [1.807, 2.05) is 19.1 Å². The fourth-order valence-corrected chi connectivity index (χ4v) is 4.04. The number of benzene rings is 2. The van der Waals surface area contributed by atoms with Gasteiger partial charge in [-0.3, -0.25) is 10.1 Å². The second kappa shape index (κ2) is 7.87. The van der Waals surface area contributed by atoms with Gasteiger partial charge in [0.1, 0.15) is 5.52 Å². The van der Waals surface area contributed by atoms with Gasteiger partial charge in [0.25, 0.3) is 5.91 Å². The Balaban J connectivity index is 1.49. The molecular formula is C19H15Cl2N5OS. The SMILES string of the molecule is CCn1nnc2cc(C(=O)Nc3ncc(Cc4cc(Cl)ccc4Cl)s3)ccc21. The van der Waals surface area contributed by atoms with Crippen LogP contribution < -0.4 is 5.32 Å². The van der Waals surface area contributed by atoms with Gasteiger partial charge in [-0.2, -0.15) is 0 Å². The van der Waals surface area contributed by atoms with Crippen LogP contribution >= 0.6 is 34.5 Å². The van der Waals surface area contributed by atoms with Crippen molar-refractivity contribution < 1.29 is 4.79 Å². The predicted molar refractivity (Wildman–Crippen MR) is 113 cm³/mol. The molecule has 0 fully saturated rings. The van der Waals surface area contributed by atoms with E-state index in [0.29, 0.717) is 32.7 Å². The molecule has 0 aliphatic carbocycles. The smallest absolute Gasteiger partial charge is 0.257 e. The highest BCUT2D eigenvalue weighted by Gasteiger charge is 2.13. The van der Waals surface area contributed by atoms with Crippen molar-refractivity contribution >= 4 is 56.6 Å². The van der Waals surface area contributed by atoms with Gasteiger partial charge in [0.15, 0.2) is 5.13 Å². The molecule has 2 aromatic heterocycles. The summed E-state index contributed by atoms with van der Waals surface area (Å²) in [5, 5.41) is 12.8. The first-order chi connectivity index (χ1) is 13.5. The van der Waals surface area contributed by atoms with Crippen LogP contribution in [0.25, 0.3) is 11.0 Å².